The minimum atomic E-state index is 0. The Bertz CT molecular complexity index is 617. The average Bonchev–Trinajstić information content (AvgIpc) is 2.38. The molecule has 0 spiro atoms. The average molecular weight is 332 g/mol. The fourth-order valence-corrected chi connectivity index (χ4v) is 2.12. The first-order chi connectivity index (χ1) is 9.08. The summed E-state index contributed by atoms with van der Waals surface area (Å²) < 4.78 is 5.63. The van der Waals surface area contributed by atoms with E-state index in [1.165, 1.54) is 0 Å². The molecule has 0 fully saturated rings. The molecule has 3 nitrogen and oxygen atoms in total. The van der Waals surface area contributed by atoms with E-state index in [0.29, 0.717) is 21.4 Å². The molecule has 0 saturated carbocycles. The predicted molar refractivity (Wildman–Crippen MR) is 85.5 cm³/mol. The van der Waals surface area contributed by atoms with Crippen LogP contribution >= 0.6 is 35.6 Å². The third-order valence-corrected chi connectivity index (χ3v) is 3.12. The van der Waals surface area contributed by atoms with Crippen molar-refractivity contribution in [3.63, 3.8) is 0 Å². The molecule has 2 rings (SSSR count). The molecule has 0 aliphatic rings. The Labute approximate surface area is 133 Å². The lowest BCUT2D eigenvalue weighted by Gasteiger charge is -2.11. The maximum atomic E-state index is 7.51. The van der Waals surface area contributed by atoms with Gasteiger partial charge in [0.25, 0.3) is 0 Å². The van der Waals surface area contributed by atoms with Crippen molar-refractivity contribution < 1.29 is 4.74 Å². The molecule has 6 heteroatoms. The van der Waals surface area contributed by atoms with E-state index in [1.54, 1.807) is 24.3 Å². The van der Waals surface area contributed by atoms with Gasteiger partial charge in [-0.05, 0) is 18.2 Å². The zero-order valence-corrected chi connectivity index (χ0v) is 12.7. The Hall–Kier alpha value is -1.42. The van der Waals surface area contributed by atoms with Crippen LogP contribution in [0.4, 0.5) is 0 Å². The molecule has 2 aromatic rings. The van der Waals surface area contributed by atoms with Crippen LogP contribution in [0.1, 0.15) is 11.1 Å². The third-order valence-electron chi connectivity index (χ3n) is 2.58. The van der Waals surface area contributed by atoms with Gasteiger partial charge in [-0.2, -0.15) is 0 Å². The van der Waals surface area contributed by atoms with Gasteiger partial charge in [-0.25, -0.2) is 0 Å². The quantitative estimate of drug-likeness (QED) is 0.649. The second kappa shape index (κ2) is 7.39. The molecule has 106 valence electrons. The van der Waals surface area contributed by atoms with Gasteiger partial charge < -0.3 is 10.5 Å². The molecule has 0 bridgehead atoms. The van der Waals surface area contributed by atoms with Crippen LogP contribution in [0.2, 0.25) is 10.0 Å². The second-order valence-corrected chi connectivity index (χ2v) is 4.78. The molecule has 0 amide bonds. The molecule has 3 N–H and O–H groups in total. The Morgan fingerprint density at radius 1 is 1.15 bits per heavy atom. The van der Waals surface area contributed by atoms with Crippen molar-refractivity contribution in [2.75, 3.05) is 0 Å². The summed E-state index contributed by atoms with van der Waals surface area (Å²) >= 11 is 11.8. The first-order valence-electron chi connectivity index (χ1n) is 5.58. The maximum Gasteiger partial charge on any atom is 0.138 e. The highest BCUT2D eigenvalue weighted by Gasteiger charge is 2.07. The SMILES string of the molecule is Cl.N=C(N)c1ccccc1COc1ccc(Cl)cc1Cl. The van der Waals surface area contributed by atoms with Gasteiger partial charge in [0, 0.05) is 16.1 Å². The minimum Gasteiger partial charge on any atom is -0.487 e. The number of hydrogen-bond acceptors (Lipinski definition) is 2. The Morgan fingerprint density at radius 2 is 1.85 bits per heavy atom. The van der Waals surface area contributed by atoms with Crippen LogP contribution < -0.4 is 10.5 Å². The fraction of sp³-hybridized carbons (Fsp3) is 0.0714. The van der Waals surface area contributed by atoms with Crippen LogP contribution in [0.3, 0.4) is 0 Å². The molecule has 0 saturated heterocycles. The highest BCUT2D eigenvalue weighted by molar-refractivity contribution is 6.35. The van der Waals surface area contributed by atoms with Gasteiger partial charge in [-0.1, -0.05) is 47.5 Å². The Balaban J connectivity index is 0.00000200. The van der Waals surface area contributed by atoms with Crippen molar-refractivity contribution in [1.82, 2.24) is 0 Å². The van der Waals surface area contributed by atoms with Crippen LogP contribution in [0.15, 0.2) is 42.5 Å². The van der Waals surface area contributed by atoms with Gasteiger partial charge >= 0.3 is 0 Å². The smallest absolute Gasteiger partial charge is 0.138 e. The normalized spacial score (nSPS) is 9.70. The van der Waals surface area contributed by atoms with Crippen molar-refractivity contribution in [2.45, 2.75) is 6.61 Å². The van der Waals surface area contributed by atoms with Crippen LogP contribution in [-0.4, -0.2) is 5.84 Å². The molecule has 0 unspecified atom stereocenters. The van der Waals surface area contributed by atoms with E-state index in [-0.39, 0.29) is 24.8 Å². The van der Waals surface area contributed by atoms with E-state index < -0.39 is 0 Å². The van der Waals surface area contributed by atoms with Crippen LogP contribution in [0.5, 0.6) is 5.75 Å². The van der Waals surface area contributed by atoms with E-state index in [4.69, 9.17) is 39.1 Å². The second-order valence-electron chi connectivity index (χ2n) is 3.93. The highest BCUT2D eigenvalue weighted by atomic mass is 35.5. The number of nitrogens with two attached hydrogens (primary N) is 1. The van der Waals surface area contributed by atoms with Crippen LogP contribution in [-0.2, 0) is 6.61 Å². The van der Waals surface area contributed by atoms with Crippen molar-refractivity contribution >= 4 is 41.4 Å². The monoisotopic (exact) mass is 330 g/mol. The number of hydrogen-bond donors (Lipinski definition) is 2. The molecule has 0 heterocycles. The number of rotatable bonds is 4. The largest absolute Gasteiger partial charge is 0.487 e. The Morgan fingerprint density at radius 3 is 2.50 bits per heavy atom. The topological polar surface area (TPSA) is 59.1 Å². The minimum absolute atomic E-state index is 0. The Kier molecular flexibility index (Phi) is 6.14. The lowest BCUT2D eigenvalue weighted by Crippen LogP contribution is -2.14. The molecule has 0 atom stereocenters. The maximum absolute atomic E-state index is 7.51. The molecule has 2 aromatic carbocycles. The molecule has 0 aliphatic carbocycles. The first-order valence-corrected chi connectivity index (χ1v) is 6.33. The number of amidine groups is 1. The number of nitrogen functional groups attached to an aromatic ring is 1. The van der Waals surface area contributed by atoms with E-state index in [9.17, 15) is 0 Å². The van der Waals surface area contributed by atoms with Crippen LogP contribution in [0.25, 0.3) is 0 Å². The highest BCUT2D eigenvalue weighted by Crippen LogP contribution is 2.28. The van der Waals surface area contributed by atoms with E-state index in [1.807, 2.05) is 18.2 Å². The van der Waals surface area contributed by atoms with Crippen molar-refractivity contribution in [3.8, 4) is 5.75 Å². The van der Waals surface area contributed by atoms with Gasteiger partial charge in [-0.15, -0.1) is 12.4 Å². The van der Waals surface area contributed by atoms with Gasteiger partial charge in [-0.3, -0.25) is 5.41 Å². The summed E-state index contributed by atoms with van der Waals surface area (Å²) in [5.41, 5.74) is 7.01. The lowest BCUT2D eigenvalue weighted by atomic mass is 10.1. The van der Waals surface area contributed by atoms with E-state index >= 15 is 0 Å². The van der Waals surface area contributed by atoms with E-state index in [2.05, 4.69) is 0 Å². The summed E-state index contributed by atoms with van der Waals surface area (Å²) in [4.78, 5) is 0. The summed E-state index contributed by atoms with van der Waals surface area (Å²) in [6.45, 7) is 0.289. The number of nitrogens with one attached hydrogen (secondary N) is 1. The van der Waals surface area contributed by atoms with Crippen molar-refractivity contribution in [1.29, 1.82) is 5.41 Å². The van der Waals surface area contributed by atoms with Crippen LogP contribution in [0, 0.1) is 5.41 Å². The van der Waals surface area contributed by atoms with Gasteiger partial charge in [0.15, 0.2) is 0 Å². The van der Waals surface area contributed by atoms with Gasteiger partial charge in [0.1, 0.15) is 18.2 Å². The van der Waals surface area contributed by atoms with E-state index in [0.717, 1.165) is 5.56 Å². The zero-order valence-electron chi connectivity index (χ0n) is 10.4. The number of benzene rings is 2. The predicted octanol–water partition coefficient (Wildman–Crippen LogP) is 4.28. The molecule has 0 radical (unpaired) electrons. The molecule has 0 aliphatic heterocycles. The number of ether oxygens (including phenoxy) is 1. The van der Waals surface area contributed by atoms with Gasteiger partial charge in [0.05, 0.1) is 5.02 Å². The van der Waals surface area contributed by atoms with Crippen molar-refractivity contribution in [3.05, 3.63) is 63.6 Å². The first kappa shape index (κ1) is 16.6. The third kappa shape index (κ3) is 4.04. The standard InChI is InChI=1S/C14H12Cl2N2O.ClH/c15-10-5-6-13(12(16)7-10)19-8-9-3-1-2-4-11(9)14(17)18;/h1-7H,8H2,(H3,17,18);1H. The zero-order chi connectivity index (χ0) is 13.8. The molecular formula is C14H13Cl3N2O. The summed E-state index contributed by atoms with van der Waals surface area (Å²) in [7, 11) is 0. The number of halogens is 3. The molecular weight excluding hydrogens is 319 g/mol. The lowest BCUT2D eigenvalue weighted by molar-refractivity contribution is 0.306. The van der Waals surface area contributed by atoms with Crippen molar-refractivity contribution in [2.24, 2.45) is 5.73 Å². The summed E-state index contributed by atoms with van der Waals surface area (Å²) in [6, 6.07) is 12.4. The fourth-order valence-electron chi connectivity index (χ4n) is 1.66. The molecule has 20 heavy (non-hydrogen) atoms. The summed E-state index contributed by atoms with van der Waals surface area (Å²) in [5, 5.41) is 8.52. The summed E-state index contributed by atoms with van der Waals surface area (Å²) in [6.07, 6.45) is 0. The van der Waals surface area contributed by atoms with Gasteiger partial charge in [0.2, 0.25) is 0 Å². The summed E-state index contributed by atoms with van der Waals surface area (Å²) in [5.74, 6) is 0.561. The molecule has 0 aromatic heterocycles.